The summed E-state index contributed by atoms with van der Waals surface area (Å²) in [5.41, 5.74) is 0. The van der Waals surface area contributed by atoms with Gasteiger partial charge in [0.25, 0.3) is 0 Å². The van der Waals surface area contributed by atoms with Crippen LogP contribution in [0.2, 0.25) is 0 Å². The molecule has 0 radical (unpaired) electrons. The lowest BCUT2D eigenvalue weighted by Gasteiger charge is -2.19. The second-order valence-electron chi connectivity index (χ2n) is 15.1. The number of carbonyl (C=O) groups excluding carboxylic acids is 1. The zero-order valence-electron chi connectivity index (χ0n) is 33.7. The van der Waals surface area contributed by atoms with Crippen molar-refractivity contribution in [2.75, 3.05) is 6.61 Å². The predicted octanol–water partition coefficient (Wildman–Crippen LogP) is 13.8. The summed E-state index contributed by atoms with van der Waals surface area (Å²) in [6.07, 6.45) is 55.4. The van der Waals surface area contributed by atoms with Crippen LogP contribution < -0.4 is 5.32 Å². The molecule has 2 atom stereocenters. The first-order valence-electron chi connectivity index (χ1n) is 22.2. The molecule has 0 fully saturated rings. The molecule has 0 aliphatic carbocycles. The molecule has 0 aliphatic heterocycles. The van der Waals surface area contributed by atoms with Crippen molar-refractivity contribution in [3.8, 4) is 0 Å². The number of hydrogen-bond acceptors (Lipinski definition) is 3. The van der Waals surface area contributed by atoms with Crippen molar-refractivity contribution >= 4 is 5.91 Å². The second kappa shape index (κ2) is 42.0. The van der Waals surface area contributed by atoms with Gasteiger partial charge in [-0.25, -0.2) is 0 Å². The standard InChI is InChI=1S/C46H87NO3/c1-3-5-7-9-11-13-15-17-19-21-23-24-26-28-30-32-34-36-38-40-42-46(50)47-44(43-48)45(49)41-39-37-35-33-31-29-27-25-22-20-18-16-14-12-10-8-6-4-2/h22,25,31,33,39,41,44-45,48-49H,3-21,23-24,26-30,32,34-38,40,42-43H2,1-2H3,(H,47,50)/b25-22+,33-31+,41-39+. The number of unbranched alkanes of at least 4 members (excludes halogenated alkanes) is 29. The summed E-state index contributed by atoms with van der Waals surface area (Å²) in [6.45, 7) is 4.30. The maximum Gasteiger partial charge on any atom is 0.220 e. The summed E-state index contributed by atoms with van der Waals surface area (Å²) in [5, 5.41) is 23.0. The van der Waals surface area contributed by atoms with Crippen LogP contribution in [0.1, 0.15) is 232 Å². The van der Waals surface area contributed by atoms with Crippen LogP contribution in [0.25, 0.3) is 0 Å². The van der Waals surface area contributed by atoms with Gasteiger partial charge in [0.15, 0.2) is 0 Å². The second-order valence-corrected chi connectivity index (χ2v) is 15.1. The average molecular weight is 702 g/mol. The van der Waals surface area contributed by atoms with Crippen LogP contribution in [0.4, 0.5) is 0 Å². The predicted molar refractivity (Wildman–Crippen MR) is 221 cm³/mol. The van der Waals surface area contributed by atoms with Crippen LogP contribution in [0.5, 0.6) is 0 Å². The molecule has 0 aromatic rings. The van der Waals surface area contributed by atoms with Crippen molar-refractivity contribution in [3.05, 3.63) is 36.5 Å². The molecule has 3 N–H and O–H groups in total. The molecule has 0 aliphatic rings. The van der Waals surface area contributed by atoms with E-state index in [9.17, 15) is 15.0 Å². The lowest BCUT2D eigenvalue weighted by Crippen LogP contribution is -2.45. The van der Waals surface area contributed by atoms with Gasteiger partial charge in [0.05, 0.1) is 18.8 Å². The van der Waals surface area contributed by atoms with E-state index >= 15 is 0 Å². The highest BCUT2D eigenvalue weighted by atomic mass is 16.3. The summed E-state index contributed by atoms with van der Waals surface area (Å²) in [5.74, 6) is -0.0753. The molecule has 0 rings (SSSR count). The quantitative estimate of drug-likeness (QED) is 0.0440. The van der Waals surface area contributed by atoms with Crippen molar-refractivity contribution < 1.29 is 15.0 Å². The minimum absolute atomic E-state index is 0.0753. The first kappa shape index (κ1) is 48.6. The molecule has 4 heteroatoms. The molecular weight excluding hydrogens is 615 g/mol. The maximum atomic E-state index is 12.4. The Morgan fingerprint density at radius 3 is 1.16 bits per heavy atom. The van der Waals surface area contributed by atoms with Gasteiger partial charge in [-0.3, -0.25) is 4.79 Å². The summed E-state index contributed by atoms with van der Waals surface area (Å²) in [6, 6.07) is -0.642. The van der Waals surface area contributed by atoms with E-state index in [1.165, 1.54) is 173 Å². The number of hydrogen-bond donors (Lipinski definition) is 3. The fourth-order valence-electron chi connectivity index (χ4n) is 6.68. The highest BCUT2D eigenvalue weighted by Gasteiger charge is 2.17. The van der Waals surface area contributed by atoms with Crippen LogP contribution in [0, 0.1) is 0 Å². The third kappa shape index (κ3) is 37.9. The van der Waals surface area contributed by atoms with E-state index in [1.54, 1.807) is 6.08 Å². The maximum absolute atomic E-state index is 12.4. The molecule has 2 unspecified atom stereocenters. The normalized spacial score (nSPS) is 13.3. The number of amides is 1. The van der Waals surface area contributed by atoms with E-state index in [1.807, 2.05) is 6.08 Å². The Kier molecular flexibility index (Phi) is 40.9. The molecule has 1 amide bonds. The Morgan fingerprint density at radius 1 is 0.460 bits per heavy atom. The van der Waals surface area contributed by atoms with E-state index in [0.717, 1.165) is 38.5 Å². The highest BCUT2D eigenvalue weighted by Crippen LogP contribution is 2.15. The number of rotatable bonds is 40. The van der Waals surface area contributed by atoms with Gasteiger partial charge < -0.3 is 15.5 Å². The van der Waals surface area contributed by atoms with Crippen LogP contribution in [0.15, 0.2) is 36.5 Å². The number of carbonyl (C=O) groups is 1. The van der Waals surface area contributed by atoms with Crippen LogP contribution >= 0.6 is 0 Å². The average Bonchev–Trinajstić information content (AvgIpc) is 3.12. The van der Waals surface area contributed by atoms with Crippen LogP contribution in [-0.4, -0.2) is 34.9 Å². The SMILES string of the molecule is CCCCCCCCCC/C=C/CC/C=C/CC/C=C/C(O)C(CO)NC(=O)CCCCCCCCCCCCCCCCCCCCCC. The molecule has 0 bridgehead atoms. The minimum Gasteiger partial charge on any atom is -0.394 e. The van der Waals surface area contributed by atoms with Gasteiger partial charge in [-0.15, -0.1) is 0 Å². The van der Waals surface area contributed by atoms with Gasteiger partial charge in [-0.1, -0.05) is 217 Å². The van der Waals surface area contributed by atoms with Gasteiger partial charge >= 0.3 is 0 Å². The molecule has 0 spiro atoms. The Bertz CT molecular complexity index is 760. The van der Waals surface area contributed by atoms with Gasteiger partial charge in [-0.2, -0.15) is 0 Å². The molecular formula is C46H87NO3. The molecule has 4 nitrogen and oxygen atoms in total. The molecule has 50 heavy (non-hydrogen) atoms. The fraction of sp³-hybridized carbons (Fsp3) is 0.848. The van der Waals surface area contributed by atoms with Crippen molar-refractivity contribution in [1.82, 2.24) is 5.32 Å². The van der Waals surface area contributed by atoms with Gasteiger partial charge in [-0.05, 0) is 44.9 Å². The summed E-state index contributed by atoms with van der Waals surface area (Å²) in [7, 11) is 0. The minimum atomic E-state index is -0.867. The lowest BCUT2D eigenvalue weighted by atomic mass is 10.0. The van der Waals surface area contributed by atoms with Crippen molar-refractivity contribution in [1.29, 1.82) is 0 Å². The molecule has 0 heterocycles. The molecule has 0 saturated heterocycles. The topological polar surface area (TPSA) is 69.6 Å². The van der Waals surface area contributed by atoms with Gasteiger partial charge in [0, 0.05) is 6.42 Å². The Balaban J connectivity index is 3.61. The first-order chi connectivity index (χ1) is 24.7. The Hall–Kier alpha value is -1.39. The van der Waals surface area contributed by atoms with Crippen molar-refractivity contribution in [2.45, 2.75) is 244 Å². The zero-order valence-corrected chi connectivity index (χ0v) is 33.7. The van der Waals surface area contributed by atoms with E-state index < -0.39 is 12.1 Å². The Labute approximate surface area is 312 Å². The van der Waals surface area contributed by atoms with Crippen molar-refractivity contribution in [3.63, 3.8) is 0 Å². The number of aliphatic hydroxyl groups excluding tert-OH is 2. The molecule has 0 saturated carbocycles. The van der Waals surface area contributed by atoms with Gasteiger partial charge in [0.2, 0.25) is 5.91 Å². The molecule has 294 valence electrons. The van der Waals surface area contributed by atoms with E-state index in [0.29, 0.717) is 6.42 Å². The van der Waals surface area contributed by atoms with Crippen molar-refractivity contribution in [2.24, 2.45) is 0 Å². The van der Waals surface area contributed by atoms with E-state index in [2.05, 4.69) is 43.5 Å². The number of aliphatic hydroxyl groups is 2. The third-order valence-electron chi connectivity index (χ3n) is 10.1. The Morgan fingerprint density at radius 2 is 0.780 bits per heavy atom. The fourth-order valence-corrected chi connectivity index (χ4v) is 6.68. The first-order valence-corrected chi connectivity index (χ1v) is 22.2. The summed E-state index contributed by atoms with van der Waals surface area (Å²) < 4.78 is 0. The largest absolute Gasteiger partial charge is 0.394 e. The van der Waals surface area contributed by atoms with Crippen LogP contribution in [-0.2, 0) is 4.79 Å². The van der Waals surface area contributed by atoms with Crippen LogP contribution in [0.3, 0.4) is 0 Å². The number of nitrogens with one attached hydrogen (secondary N) is 1. The summed E-state index contributed by atoms with van der Waals surface area (Å²) in [4.78, 5) is 12.4. The van der Waals surface area contributed by atoms with E-state index in [4.69, 9.17) is 0 Å². The summed E-state index contributed by atoms with van der Waals surface area (Å²) >= 11 is 0. The smallest absolute Gasteiger partial charge is 0.220 e. The molecule has 0 aromatic carbocycles. The lowest BCUT2D eigenvalue weighted by molar-refractivity contribution is -0.123. The van der Waals surface area contributed by atoms with Gasteiger partial charge in [0.1, 0.15) is 0 Å². The number of allylic oxidation sites excluding steroid dienone is 5. The molecule has 0 aromatic heterocycles. The highest BCUT2D eigenvalue weighted by molar-refractivity contribution is 5.76. The monoisotopic (exact) mass is 702 g/mol. The van der Waals surface area contributed by atoms with E-state index in [-0.39, 0.29) is 12.5 Å². The third-order valence-corrected chi connectivity index (χ3v) is 10.1. The zero-order chi connectivity index (χ0) is 36.4.